The molecule has 0 radical (unpaired) electrons. The molecule has 0 spiro atoms. The summed E-state index contributed by atoms with van der Waals surface area (Å²) in [6, 6.07) is 10.3. The Morgan fingerprint density at radius 1 is 1.21 bits per heavy atom. The van der Waals surface area contributed by atoms with Crippen molar-refractivity contribution in [3.05, 3.63) is 42.0 Å². The van der Waals surface area contributed by atoms with E-state index >= 15 is 0 Å². The number of amides is 1. The number of piperidine rings is 3. The maximum atomic E-state index is 11.9. The molecule has 1 aromatic rings. The summed E-state index contributed by atoms with van der Waals surface area (Å²) < 4.78 is 0. The number of hydrogen-bond acceptors (Lipinski definition) is 2. The number of carbonyl (C=O) groups is 1. The van der Waals surface area contributed by atoms with Crippen molar-refractivity contribution in [3.63, 3.8) is 0 Å². The number of nitrogens with zero attached hydrogens (tertiary/aromatic N) is 1. The van der Waals surface area contributed by atoms with Crippen molar-refractivity contribution in [3.8, 4) is 0 Å². The van der Waals surface area contributed by atoms with Gasteiger partial charge in [0.2, 0.25) is 5.91 Å². The molecule has 3 heteroatoms. The van der Waals surface area contributed by atoms with Gasteiger partial charge < -0.3 is 10.2 Å². The topological polar surface area (TPSA) is 32.3 Å². The van der Waals surface area contributed by atoms with Crippen LogP contribution < -0.4 is 5.32 Å². The number of fused-ring (bicyclic) bond motifs is 3. The average molecular weight is 256 g/mol. The van der Waals surface area contributed by atoms with Crippen LogP contribution in [-0.4, -0.2) is 36.5 Å². The molecule has 1 unspecified atom stereocenters. The van der Waals surface area contributed by atoms with Crippen LogP contribution in [0.15, 0.2) is 36.4 Å². The lowest BCUT2D eigenvalue weighted by atomic mass is 9.84. The predicted molar refractivity (Wildman–Crippen MR) is 76.6 cm³/mol. The fourth-order valence-corrected chi connectivity index (χ4v) is 3.10. The van der Waals surface area contributed by atoms with Crippen molar-refractivity contribution in [1.29, 1.82) is 0 Å². The van der Waals surface area contributed by atoms with E-state index in [2.05, 4.69) is 10.2 Å². The van der Waals surface area contributed by atoms with Crippen molar-refractivity contribution in [2.24, 2.45) is 5.92 Å². The van der Waals surface area contributed by atoms with Crippen LogP contribution in [0.5, 0.6) is 0 Å². The molecule has 100 valence electrons. The Morgan fingerprint density at radius 3 is 2.58 bits per heavy atom. The van der Waals surface area contributed by atoms with Crippen LogP contribution in [0.3, 0.4) is 0 Å². The first kappa shape index (κ1) is 12.4. The smallest absolute Gasteiger partial charge is 0.244 e. The van der Waals surface area contributed by atoms with Gasteiger partial charge in [-0.1, -0.05) is 30.3 Å². The van der Waals surface area contributed by atoms with Gasteiger partial charge in [-0.15, -0.1) is 0 Å². The first-order chi connectivity index (χ1) is 9.31. The SMILES string of the molecule is O=C(/C=C/c1ccccc1)NC1CN2CCC1CC2. The Balaban J connectivity index is 1.55. The van der Waals surface area contributed by atoms with Gasteiger partial charge in [0.25, 0.3) is 0 Å². The monoisotopic (exact) mass is 256 g/mol. The summed E-state index contributed by atoms with van der Waals surface area (Å²) in [6.45, 7) is 3.43. The van der Waals surface area contributed by atoms with Crippen molar-refractivity contribution < 1.29 is 4.79 Å². The van der Waals surface area contributed by atoms with Crippen LogP contribution >= 0.6 is 0 Å². The second kappa shape index (κ2) is 5.57. The summed E-state index contributed by atoms with van der Waals surface area (Å²) in [5.41, 5.74) is 1.06. The Labute approximate surface area is 114 Å². The minimum atomic E-state index is 0.0302. The van der Waals surface area contributed by atoms with E-state index in [4.69, 9.17) is 0 Å². The highest BCUT2D eigenvalue weighted by molar-refractivity contribution is 5.91. The molecule has 3 nitrogen and oxygen atoms in total. The summed E-state index contributed by atoms with van der Waals surface area (Å²) in [6.07, 6.45) is 5.98. The van der Waals surface area contributed by atoms with Gasteiger partial charge in [0.05, 0.1) is 0 Å². The molecule has 3 saturated heterocycles. The third-order valence-electron chi connectivity index (χ3n) is 4.21. The predicted octanol–water partition coefficient (Wildman–Crippen LogP) is 1.91. The number of carbonyl (C=O) groups excluding carboxylic acids is 1. The van der Waals surface area contributed by atoms with E-state index in [1.54, 1.807) is 6.08 Å². The first-order valence-electron chi connectivity index (χ1n) is 7.07. The zero-order valence-electron chi connectivity index (χ0n) is 11.1. The molecule has 1 amide bonds. The third kappa shape index (κ3) is 3.04. The van der Waals surface area contributed by atoms with E-state index in [9.17, 15) is 4.79 Å². The van der Waals surface area contributed by atoms with Crippen molar-refractivity contribution in [1.82, 2.24) is 10.2 Å². The van der Waals surface area contributed by atoms with Gasteiger partial charge in [-0.2, -0.15) is 0 Å². The van der Waals surface area contributed by atoms with Gasteiger partial charge in [-0.05, 0) is 43.5 Å². The normalized spacial score (nSPS) is 29.6. The number of hydrogen-bond donors (Lipinski definition) is 1. The zero-order valence-corrected chi connectivity index (χ0v) is 11.1. The molecule has 0 aliphatic carbocycles. The van der Waals surface area contributed by atoms with Gasteiger partial charge in [-0.25, -0.2) is 0 Å². The maximum Gasteiger partial charge on any atom is 0.244 e. The van der Waals surface area contributed by atoms with Gasteiger partial charge in [-0.3, -0.25) is 4.79 Å². The number of benzene rings is 1. The van der Waals surface area contributed by atoms with E-state index in [1.807, 2.05) is 36.4 Å². The summed E-state index contributed by atoms with van der Waals surface area (Å²) in [7, 11) is 0. The van der Waals surface area contributed by atoms with Crippen molar-refractivity contribution >= 4 is 12.0 Å². The van der Waals surface area contributed by atoms with E-state index in [1.165, 1.54) is 25.9 Å². The molecular weight excluding hydrogens is 236 g/mol. The lowest BCUT2D eigenvalue weighted by Crippen LogP contribution is -2.57. The Morgan fingerprint density at radius 2 is 1.95 bits per heavy atom. The molecule has 0 aromatic heterocycles. The lowest BCUT2D eigenvalue weighted by molar-refractivity contribution is -0.118. The van der Waals surface area contributed by atoms with Crippen LogP contribution in [0.25, 0.3) is 6.08 Å². The van der Waals surface area contributed by atoms with Crippen LogP contribution in [0.2, 0.25) is 0 Å². The maximum absolute atomic E-state index is 11.9. The van der Waals surface area contributed by atoms with Crippen LogP contribution in [0, 0.1) is 5.92 Å². The summed E-state index contributed by atoms with van der Waals surface area (Å²) >= 11 is 0. The molecule has 3 aliphatic rings. The molecule has 1 atom stereocenters. The van der Waals surface area contributed by atoms with Crippen LogP contribution in [0.4, 0.5) is 0 Å². The summed E-state index contributed by atoms with van der Waals surface area (Å²) in [5, 5.41) is 3.15. The van der Waals surface area contributed by atoms with E-state index in [0.717, 1.165) is 12.1 Å². The molecule has 0 saturated carbocycles. The average Bonchev–Trinajstić information content (AvgIpc) is 2.47. The molecule has 4 rings (SSSR count). The molecule has 19 heavy (non-hydrogen) atoms. The van der Waals surface area contributed by atoms with E-state index < -0.39 is 0 Å². The highest BCUT2D eigenvalue weighted by Crippen LogP contribution is 2.27. The fourth-order valence-electron chi connectivity index (χ4n) is 3.10. The number of rotatable bonds is 3. The molecule has 3 aliphatic heterocycles. The summed E-state index contributed by atoms with van der Waals surface area (Å²) in [4.78, 5) is 14.4. The zero-order chi connectivity index (χ0) is 13.1. The van der Waals surface area contributed by atoms with Gasteiger partial charge in [0.1, 0.15) is 0 Å². The van der Waals surface area contributed by atoms with Crippen molar-refractivity contribution in [2.75, 3.05) is 19.6 Å². The molecule has 2 bridgehead atoms. The largest absolute Gasteiger partial charge is 0.348 e. The van der Waals surface area contributed by atoms with Gasteiger partial charge >= 0.3 is 0 Å². The first-order valence-corrected chi connectivity index (χ1v) is 7.07. The lowest BCUT2D eigenvalue weighted by Gasteiger charge is -2.44. The Hall–Kier alpha value is -1.61. The van der Waals surface area contributed by atoms with Crippen LogP contribution in [-0.2, 0) is 4.79 Å². The van der Waals surface area contributed by atoms with Gasteiger partial charge in [0, 0.05) is 18.7 Å². The third-order valence-corrected chi connectivity index (χ3v) is 4.21. The standard InChI is InChI=1S/C16H20N2O/c19-16(7-6-13-4-2-1-3-5-13)17-15-12-18-10-8-14(15)9-11-18/h1-7,14-15H,8-12H2,(H,17,19)/b7-6+. The van der Waals surface area contributed by atoms with Crippen LogP contribution in [0.1, 0.15) is 18.4 Å². The summed E-state index contributed by atoms with van der Waals surface area (Å²) in [5.74, 6) is 0.710. The minimum absolute atomic E-state index is 0.0302. The fraction of sp³-hybridized carbons (Fsp3) is 0.438. The quantitative estimate of drug-likeness (QED) is 0.838. The molecule has 1 N–H and O–H groups in total. The molecule has 3 fully saturated rings. The Kier molecular flexibility index (Phi) is 3.65. The second-order valence-electron chi connectivity index (χ2n) is 5.50. The highest BCUT2D eigenvalue weighted by atomic mass is 16.1. The van der Waals surface area contributed by atoms with E-state index in [-0.39, 0.29) is 5.91 Å². The molecule has 3 heterocycles. The van der Waals surface area contributed by atoms with Crippen molar-refractivity contribution in [2.45, 2.75) is 18.9 Å². The van der Waals surface area contributed by atoms with E-state index in [0.29, 0.717) is 12.0 Å². The highest BCUT2D eigenvalue weighted by Gasteiger charge is 2.34. The molecule has 1 aromatic carbocycles. The molecular formula is C16H20N2O. The second-order valence-corrected chi connectivity index (χ2v) is 5.50. The minimum Gasteiger partial charge on any atom is -0.348 e. The Bertz CT molecular complexity index is 461. The number of nitrogens with one attached hydrogen (secondary N) is 1. The van der Waals surface area contributed by atoms with Gasteiger partial charge in [0.15, 0.2) is 0 Å².